The number of carbonyl (C=O) groups is 1. The predicted molar refractivity (Wildman–Crippen MR) is 95.7 cm³/mol. The number of aryl methyl sites for hydroxylation is 1. The van der Waals surface area contributed by atoms with Gasteiger partial charge in [0.1, 0.15) is 5.75 Å². The van der Waals surface area contributed by atoms with Crippen LogP contribution in [0.2, 0.25) is 0 Å². The second-order valence-corrected chi connectivity index (χ2v) is 6.03. The van der Waals surface area contributed by atoms with Crippen molar-refractivity contribution in [3.05, 3.63) is 41.7 Å². The Morgan fingerprint density at radius 2 is 2.32 bits per heavy atom. The summed E-state index contributed by atoms with van der Waals surface area (Å²) in [4.78, 5) is 15.9. The fourth-order valence-corrected chi connectivity index (χ4v) is 2.98. The third-order valence-electron chi connectivity index (χ3n) is 4.31. The normalized spacial score (nSPS) is 17.0. The van der Waals surface area contributed by atoms with Crippen molar-refractivity contribution < 1.29 is 9.53 Å². The number of fused-ring (bicyclic) bond motifs is 1. The van der Waals surface area contributed by atoms with E-state index in [2.05, 4.69) is 15.4 Å². The zero-order chi connectivity index (χ0) is 17.8. The molecule has 8 heteroatoms. The second-order valence-electron chi connectivity index (χ2n) is 6.03. The van der Waals surface area contributed by atoms with Crippen molar-refractivity contribution in [2.24, 2.45) is 22.4 Å². The number of nitrogens with two attached hydrogens (primary N) is 2. The first-order valence-electron chi connectivity index (χ1n) is 8.12. The van der Waals surface area contributed by atoms with Crippen LogP contribution in [0.4, 0.5) is 5.69 Å². The molecule has 1 aromatic heterocycles. The Kier molecular flexibility index (Phi) is 4.87. The summed E-state index contributed by atoms with van der Waals surface area (Å²) in [6.07, 6.45) is 3.19. The summed E-state index contributed by atoms with van der Waals surface area (Å²) in [6, 6.07) is 7.48. The molecular weight excluding hydrogens is 320 g/mol. The number of hydrogen-bond donors (Lipinski definition) is 3. The van der Waals surface area contributed by atoms with Crippen LogP contribution in [-0.4, -0.2) is 35.3 Å². The molecule has 1 aromatic carbocycles. The number of nitrogens with zero attached hydrogens (tertiary/aromatic N) is 3. The summed E-state index contributed by atoms with van der Waals surface area (Å²) in [5.74, 6) is 0.956. The molecule has 2 aromatic rings. The van der Waals surface area contributed by atoms with Crippen LogP contribution in [0.5, 0.6) is 5.75 Å². The van der Waals surface area contributed by atoms with E-state index in [0.717, 1.165) is 30.1 Å². The first-order chi connectivity index (χ1) is 12.1. The Bertz CT molecular complexity index is 798. The number of aliphatic imine (C=N–C) groups is 1. The summed E-state index contributed by atoms with van der Waals surface area (Å²) in [6.45, 7) is 1.33. The van der Waals surface area contributed by atoms with E-state index in [4.69, 9.17) is 16.2 Å². The molecule has 1 amide bonds. The van der Waals surface area contributed by atoms with Crippen LogP contribution in [0.25, 0.3) is 0 Å². The highest BCUT2D eigenvalue weighted by molar-refractivity contribution is 5.94. The van der Waals surface area contributed by atoms with Crippen LogP contribution >= 0.6 is 0 Å². The highest BCUT2D eigenvalue weighted by Crippen LogP contribution is 2.23. The van der Waals surface area contributed by atoms with Gasteiger partial charge in [-0.3, -0.25) is 14.5 Å². The molecule has 0 bridgehead atoms. The van der Waals surface area contributed by atoms with E-state index >= 15 is 0 Å². The summed E-state index contributed by atoms with van der Waals surface area (Å²) >= 11 is 0. The zero-order valence-electron chi connectivity index (χ0n) is 14.1. The number of methoxy groups -OCH3 is 1. The van der Waals surface area contributed by atoms with Crippen molar-refractivity contribution in [2.75, 3.05) is 19.0 Å². The minimum Gasteiger partial charge on any atom is -0.497 e. The Hall–Kier alpha value is -3.03. The average Bonchev–Trinajstić information content (AvgIpc) is 3.03. The lowest BCUT2D eigenvalue weighted by Crippen LogP contribution is -2.27. The number of hydrogen-bond acceptors (Lipinski definition) is 4. The van der Waals surface area contributed by atoms with E-state index in [1.54, 1.807) is 13.3 Å². The number of amides is 1. The van der Waals surface area contributed by atoms with Crippen molar-refractivity contribution in [2.45, 2.75) is 19.4 Å². The Morgan fingerprint density at radius 3 is 3.08 bits per heavy atom. The van der Waals surface area contributed by atoms with E-state index in [9.17, 15) is 4.79 Å². The van der Waals surface area contributed by atoms with E-state index in [-0.39, 0.29) is 0 Å². The van der Waals surface area contributed by atoms with Gasteiger partial charge in [0.15, 0.2) is 5.96 Å². The minimum absolute atomic E-state index is 0.299. The standard InChI is InChI=1S/C17H22N6O2/c1-25-13-4-2-3-12(8-13)22-17(19)20-9-11-5-6-23-15(7-11)14(10-21-23)16(18)24/h2-4,8,10-11H,5-7,9H2,1H3,(H2,18,24)(H3,19,20,22). The molecule has 0 aliphatic carbocycles. The molecule has 0 spiro atoms. The van der Waals surface area contributed by atoms with Gasteiger partial charge < -0.3 is 21.5 Å². The van der Waals surface area contributed by atoms with E-state index < -0.39 is 5.91 Å². The summed E-state index contributed by atoms with van der Waals surface area (Å²) < 4.78 is 7.03. The summed E-state index contributed by atoms with van der Waals surface area (Å²) in [7, 11) is 1.62. The Morgan fingerprint density at radius 1 is 1.48 bits per heavy atom. The van der Waals surface area contributed by atoms with Crippen LogP contribution in [0.3, 0.4) is 0 Å². The largest absolute Gasteiger partial charge is 0.497 e. The quantitative estimate of drug-likeness (QED) is 0.552. The molecule has 132 valence electrons. The van der Waals surface area contributed by atoms with Gasteiger partial charge in [-0.15, -0.1) is 0 Å². The van der Waals surface area contributed by atoms with Crippen LogP contribution in [-0.2, 0) is 13.0 Å². The molecule has 2 heterocycles. The van der Waals surface area contributed by atoms with E-state index in [1.807, 2.05) is 28.9 Å². The topological polar surface area (TPSA) is 121 Å². The van der Waals surface area contributed by atoms with Crippen LogP contribution < -0.4 is 21.5 Å². The maximum absolute atomic E-state index is 11.5. The van der Waals surface area contributed by atoms with Crippen LogP contribution in [0.15, 0.2) is 35.5 Å². The lowest BCUT2D eigenvalue weighted by molar-refractivity contribution is 0.0998. The Labute approximate surface area is 145 Å². The number of nitrogens with one attached hydrogen (secondary N) is 1. The van der Waals surface area contributed by atoms with Gasteiger partial charge in [-0.2, -0.15) is 5.10 Å². The number of benzene rings is 1. The second kappa shape index (κ2) is 7.25. The molecule has 25 heavy (non-hydrogen) atoms. The van der Waals surface area contributed by atoms with Crippen molar-refractivity contribution in [1.29, 1.82) is 0 Å². The van der Waals surface area contributed by atoms with Gasteiger partial charge in [0, 0.05) is 24.8 Å². The third-order valence-corrected chi connectivity index (χ3v) is 4.31. The highest BCUT2D eigenvalue weighted by atomic mass is 16.5. The summed E-state index contributed by atoms with van der Waals surface area (Å²) in [5, 5.41) is 7.27. The molecule has 0 radical (unpaired) electrons. The maximum atomic E-state index is 11.5. The van der Waals surface area contributed by atoms with Crippen molar-refractivity contribution >= 4 is 17.6 Å². The van der Waals surface area contributed by atoms with Crippen LogP contribution in [0.1, 0.15) is 22.5 Å². The molecule has 0 fully saturated rings. The molecule has 1 aliphatic rings. The lowest BCUT2D eigenvalue weighted by Gasteiger charge is -2.22. The van der Waals surface area contributed by atoms with Gasteiger partial charge in [0.25, 0.3) is 5.91 Å². The van der Waals surface area contributed by atoms with Gasteiger partial charge in [-0.1, -0.05) is 6.07 Å². The van der Waals surface area contributed by atoms with E-state index in [0.29, 0.717) is 30.4 Å². The van der Waals surface area contributed by atoms with Crippen molar-refractivity contribution in [1.82, 2.24) is 9.78 Å². The van der Waals surface area contributed by atoms with Gasteiger partial charge in [-0.25, -0.2) is 0 Å². The van der Waals surface area contributed by atoms with E-state index in [1.165, 1.54) is 0 Å². The first-order valence-corrected chi connectivity index (χ1v) is 8.12. The van der Waals surface area contributed by atoms with Crippen molar-refractivity contribution in [3.63, 3.8) is 0 Å². The molecule has 1 aliphatic heterocycles. The zero-order valence-corrected chi connectivity index (χ0v) is 14.1. The first kappa shape index (κ1) is 16.8. The highest BCUT2D eigenvalue weighted by Gasteiger charge is 2.24. The number of ether oxygens (including phenoxy) is 1. The number of rotatable bonds is 5. The van der Waals surface area contributed by atoms with Gasteiger partial charge >= 0.3 is 0 Å². The SMILES string of the molecule is COc1cccc(NC(N)=NCC2CCn3ncc(C(N)=O)c3C2)c1. The summed E-state index contributed by atoms with van der Waals surface area (Å²) in [5.41, 5.74) is 13.6. The molecule has 8 nitrogen and oxygen atoms in total. The monoisotopic (exact) mass is 342 g/mol. The number of primary amides is 1. The number of aromatic nitrogens is 2. The van der Waals surface area contributed by atoms with Gasteiger partial charge in [0.2, 0.25) is 0 Å². The van der Waals surface area contributed by atoms with Gasteiger partial charge in [0.05, 0.1) is 24.6 Å². The maximum Gasteiger partial charge on any atom is 0.252 e. The fraction of sp³-hybridized carbons (Fsp3) is 0.353. The number of anilines is 1. The molecule has 0 saturated heterocycles. The minimum atomic E-state index is -0.440. The molecule has 5 N–H and O–H groups in total. The molecule has 0 saturated carbocycles. The van der Waals surface area contributed by atoms with Crippen molar-refractivity contribution in [3.8, 4) is 5.75 Å². The van der Waals surface area contributed by atoms with Crippen LogP contribution in [0, 0.1) is 5.92 Å². The fourth-order valence-electron chi connectivity index (χ4n) is 2.98. The Balaban J connectivity index is 1.61. The predicted octanol–water partition coefficient (Wildman–Crippen LogP) is 0.980. The third kappa shape index (κ3) is 3.90. The average molecular weight is 342 g/mol. The molecular formula is C17H22N6O2. The smallest absolute Gasteiger partial charge is 0.252 e. The molecule has 1 atom stereocenters. The molecule has 3 rings (SSSR count). The number of carbonyl (C=O) groups excluding carboxylic acids is 1. The van der Waals surface area contributed by atoms with Gasteiger partial charge in [-0.05, 0) is 30.9 Å². The molecule has 1 unspecified atom stereocenters. The lowest BCUT2D eigenvalue weighted by atomic mass is 9.94. The number of guanidine groups is 1.